The van der Waals surface area contributed by atoms with Crippen molar-refractivity contribution in [2.75, 3.05) is 5.73 Å². The van der Waals surface area contributed by atoms with E-state index >= 15 is 0 Å². The highest BCUT2D eigenvalue weighted by molar-refractivity contribution is 7.18. The molecule has 0 unspecified atom stereocenters. The lowest BCUT2D eigenvalue weighted by Crippen LogP contribution is -2.25. The molecule has 6 heteroatoms. The fourth-order valence-corrected chi connectivity index (χ4v) is 2.40. The molecule has 0 bridgehead atoms. The van der Waals surface area contributed by atoms with Gasteiger partial charge < -0.3 is 10.3 Å². The van der Waals surface area contributed by atoms with E-state index in [-0.39, 0.29) is 5.56 Å². The molecule has 0 spiro atoms. The highest BCUT2D eigenvalue weighted by Gasteiger charge is 2.13. The minimum atomic E-state index is -0.0279. The number of hydrogen-bond donors (Lipinski definition) is 1. The van der Waals surface area contributed by atoms with Crippen molar-refractivity contribution < 1.29 is 0 Å². The minimum Gasteiger partial charge on any atom is -0.374 e. The number of aromatic nitrogens is 3. The summed E-state index contributed by atoms with van der Waals surface area (Å²) in [5.41, 5.74) is 7.04. The van der Waals surface area contributed by atoms with Crippen LogP contribution in [0.5, 0.6) is 0 Å². The Morgan fingerprint density at radius 3 is 2.67 bits per heavy atom. The van der Waals surface area contributed by atoms with Gasteiger partial charge in [0.1, 0.15) is 0 Å². The van der Waals surface area contributed by atoms with Crippen LogP contribution in [0.4, 0.5) is 5.13 Å². The largest absolute Gasteiger partial charge is 0.374 e. The van der Waals surface area contributed by atoms with Gasteiger partial charge in [-0.05, 0) is 25.0 Å². The summed E-state index contributed by atoms with van der Waals surface area (Å²) in [6.07, 6.45) is 0. The Labute approximate surface area is 109 Å². The second-order valence-corrected chi connectivity index (χ2v) is 5.65. The molecule has 0 amide bonds. The maximum absolute atomic E-state index is 12.4. The second kappa shape index (κ2) is 4.89. The number of rotatable bonds is 3. The van der Waals surface area contributed by atoms with E-state index < -0.39 is 0 Å². The van der Waals surface area contributed by atoms with Crippen LogP contribution in [0.3, 0.4) is 0 Å². The summed E-state index contributed by atoms with van der Waals surface area (Å²) in [6, 6.07) is 3.71. The first kappa shape index (κ1) is 12.8. The highest BCUT2D eigenvalue weighted by atomic mass is 32.1. The molecule has 18 heavy (non-hydrogen) atoms. The van der Waals surface area contributed by atoms with E-state index in [0.29, 0.717) is 28.2 Å². The zero-order valence-corrected chi connectivity index (χ0v) is 11.5. The van der Waals surface area contributed by atoms with Gasteiger partial charge in [0, 0.05) is 12.2 Å². The molecule has 0 radical (unpaired) electrons. The van der Waals surface area contributed by atoms with Crippen molar-refractivity contribution in [3.05, 3.63) is 28.2 Å². The van der Waals surface area contributed by atoms with Gasteiger partial charge in [0.2, 0.25) is 5.13 Å². The number of aryl methyl sites for hydroxylation is 1. The Morgan fingerprint density at radius 2 is 2.11 bits per heavy atom. The Kier molecular flexibility index (Phi) is 3.47. The molecule has 0 aliphatic carbocycles. The smallest absolute Gasteiger partial charge is 0.261 e. The summed E-state index contributed by atoms with van der Waals surface area (Å²) in [7, 11) is 0. The SMILES string of the molecule is Cc1ccc(-c2nnc(N)s2)c(=O)n1CC(C)C. The van der Waals surface area contributed by atoms with E-state index in [2.05, 4.69) is 24.0 Å². The van der Waals surface area contributed by atoms with Crippen LogP contribution < -0.4 is 11.3 Å². The van der Waals surface area contributed by atoms with Crippen LogP contribution in [-0.4, -0.2) is 14.8 Å². The van der Waals surface area contributed by atoms with E-state index in [1.54, 1.807) is 10.6 Å². The third-order valence-corrected chi connectivity index (χ3v) is 3.40. The standard InChI is InChI=1S/C12H16N4OS/c1-7(2)6-16-8(3)4-5-9(11(16)17)10-14-15-12(13)18-10/h4-5,7H,6H2,1-3H3,(H2,13,15). The lowest BCUT2D eigenvalue weighted by molar-refractivity contribution is 0.503. The number of anilines is 1. The summed E-state index contributed by atoms with van der Waals surface area (Å²) in [5.74, 6) is 0.413. The van der Waals surface area contributed by atoms with Crippen LogP contribution in [0.2, 0.25) is 0 Å². The molecule has 0 atom stereocenters. The molecule has 2 rings (SSSR count). The molecule has 2 heterocycles. The van der Waals surface area contributed by atoms with Gasteiger partial charge in [-0.3, -0.25) is 4.79 Å². The Bertz CT molecular complexity index is 615. The van der Waals surface area contributed by atoms with Crippen molar-refractivity contribution in [1.82, 2.24) is 14.8 Å². The highest BCUT2D eigenvalue weighted by Crippen LogP contribution is 2.22. The van der Waals surface area contributed by atoms with Crippen molar-refractivity contribution in [2.24, 2.45) is 5.92 Å². The van der Waals surface area contributed by atoms with E-state index in [1.165, 1.54) is 11.3 Å². The predicted molar refractivity (Wildman–Crippen MR) is 73.6 cm³/mol. The summed E-state index contributed by atoms with van der Waals surface area (Å²) in [6.45, 7) is 6.80. The van der Waals surface area contributed by atoms with E-state index in [4.69, 9.17) is 5.73 Å². The molecule has 5 nitrogen and oxygen atoms in total. The first-order valence-electron chi connectivity index (χ1n) is 5.79. The van der Waals surface area contributed by atoms with E-state index in [9.17, 15) is 4.79 Å². The molecule has 0 aliphatic rings. The topological polar surface area (TPSA) is 73.8 Å². The number of nitrogens with zero attached hydrogens (tertiary/aromatic N) is 3. The zero-order valence-electron chi connectivity index (χ0n) is 10.7. The monoisotopic (exact) mass is 264 g/mol. The first-order chi connectivity index (χ1) is 8.49. The van der Waals surface area contributed by atoms with E-state index in [1.807, 2.05) is 13.0 Å². The zero-order chi connectivity index (χ0) is 13.3. The molecule has 2 aromatic heterocycles. The third kappa shape index (κ3) is 2.43. The normalized spacial score (nSPS) is 11.1. The molecule has 0 fully saturated rings. The van der Waals surface area contributed by atoms with Gasteiger partial charge in [-0.1, -0.05) is 25.2 Å². The van der Waals surface area contributed by atoms with E-state index in [0.717, 1.165) is 5.69 Å². The first-order valence-corrected chi connectivity index (χ1v) is 6.60. The van der Waals surface area contributed by atoms with Crippen LogP contribution >= 0.6 is 11.3 Å². The van der Waals surface area contributed by atoms with Gasteiger partial charge in [-0.25, -0.2) is 0 Å². The average molecular weight is 264 g/mol. The van der Waals surface area contributed by atoms with Crippen molar-refractivity contribution in [3.63, 3.8) is 0 Å². The predicted octanol–water partition coefficient (Wildman–Crippen LogP) is 1.91. The van der Waals surface area contributed by atoms with Crippen LogP contribution in [-0.2, 0) is 6.54 Å². The van der Waals surface area contributed by atoms with Crippen LogP contribution in [0.15, 0.2) is 16.9 Å². The number of pyridine rings is 1. The molecular weight excluding hydrogens is 248 g/mol. The Morgan fingerprint density at radius 1 is 1.39 bits per heavy atom. The third-order valence-electron chi connectivity index (χ3n) is 2.61. The molecule has 0 saturated carbocycles. The Hall–Kier alpha value is -1.69. The van der Waals surface area contributed by atoms with Gasteiger partial charge in [-0.15, -0.1) is 10.2 Å². The van der Waals surface area contributed by atoms with Crippen molar-refractivity contribution in [2.45, 2.75) is 27.3 Å². The lowest BCUT2D eigenvalue weighted by Gasteiger charge is -2.13. The average Bonchev–Trinajstić information content (AvgIpc) is 2.70. The fourth-order valence-electron chi connectivity index (χ4n) is 1.77. The summed E-state index contributed by atoms with van der Waals surface area (Å²) in [4.78, 5) is 12.4. The molecular formula is C12H16N4OS. The fraction of sp³-hybridized carbons (Fsp3) is 0.417. The van der Waals surface area contributed by atoms with Gasteiger partial charge in [0.05, 0.1) is 5.56 Å². The molecule has 2 aromatic rings. The van der Waals surface area contributed by atoms with Crippen LogP contribution in [0.1, 0.15) is 19.5 Å². The molecule has 2 N–H and O–H groups in total. The number of nitrogens with two attached hydrogens (primary N) is 1. The van der Waals surface area contributed by atoms with Crippen molar-refractivity contribution >= 4 is 16.5 Å². The number of nitrogen functional groups attached to an aromatic ring is 1. The summed E-state index contributed by atoms with van der Waals surface area (Å²) >= 11 is 1.23. The van der Waals surface area contributed by atoms with Crippen LogP contribution in [0, 0.1) is 12.8 Å². The summed E-state index contributed by atoms with van der Waals surface area (Å²) in [5, 5.41) is 8.63. The second-order valence-electron chi connectivity index (χ2n) is 4.64. The van der Waals surface area contributed by atoms with Gasteiger partial charge in [-0.2, -0.15) is 0 Å². The van der Waals surface area contributed by atoms with Crippen molar-refractivity contribution in [3.8, 4) is 10.6 Å². The quantitative estimate of drug-likeness (QED) is 0.919. The molecule has 0 saturated heterocycles. The number of hydrogen-bond acceptors (Lipinski definition) is 5. The van der Waals surface area contributed by atoms with Gasteiger partial charge in [0.15, 0.2) is 5.01 Å². The maximum Gasteiger partial charge on any atom is 0.261 e. The van der Waals surface area contributed by atoms with Gasteiger partial charge in [0.25, 0.3) is 5.56 Å². The molecule has 0 aliphatic heterocycles. The van der Waals surface area contributed by atoms with Gasteiger partial charge >= 0.3 is 0 Å². The minimum absolute atomic E-state index is 0.0279. The Balaban J connectivity index is 2.54. The van der Waals surface area contributed by atoms with Crippen molar-refractivity contribution in [1.29, 1.82) is 0 Å². The van der Waals surface area contributed by atoms with Crippen LogP contribution in [0.25, 0.3) is 10.6 Å². The molecule has 0 aromatic carbocycles. The molecule has 96 valence electrons. The lowest BCUT2D eigenvalue weighted by atomic mass is 10.2. The maximum atomic E-state index is 12.4. The summed E-state index contributed by atoms with van der Waals surface area (Å²) < 4.78 is 1.78.